The first-order valence-electron chi connectivity index (χ1n) is 6.75. The summed E-state index contributed by atoms with van der Waals surface area (Å²) in [5.74, 6) is 1.07. The van der Waals surface area contributed by atoms with Crippen molar-refractivity contribution in [3.8, 4) is 5.75 Å². The number of para-hydroxylation sites is 1. The van der Waals surface area contributed by atoms with E-state index in [1.54, 1.807) is 4.90 Å². The van der Waals surface area contributed by atoms with E-state index in [2.05, 4.69) is 13.8 Å². The van der Waals surface area contributed by atoms with Crippen molar-refractivity contribution in [1.29, 1.82) is 0 Å². The number of aliphatic hydroxyl groups excluding tert-OH is 1. The molecule has 104 valence electrons. The van der Waals surface area contributed by atoms with Crippen LogP contribution in [0.2, 0.25) is 0 Å². The monoisotopic (exact) mass is 263 g/mol. The third-order valence-electron chi connectivity index (χ3n) is 3.41. The van der Waals surface area contributed by atoms with Crippen LogP contribution in [0.3, 0.4) is 0 Å². The quantitative estimate of drug-likeness (QED) is 0.901. The minimum Gasteiger partial charge on any atom is -0.483 e. The minimum absolute atomic E-state index is 0.0381. The molecule has 0 saturated carbocycles. The van der Waals surface area contributed by atoms with Crippen LogP contribution < -0.4 is 4.74 Å². The zero-order chi connectivity index (χ0) is 13.8. The average molecular weight is 263 g/mol. The Morgan fingerprint density at radius 3 is 2.84 bits per heavy atom. The number of likely N-dealkylation sites (tertiary alicyclic amines) is 1. The summed E-state index contributed by atoms with van der Waals surface area (Å²) in [5, 5.41) is 9.42. The summed E-state index contributed by atoms with van der Waals surface area (Å²) in [5.41, 5.74) is 1.11. The highest BCUT2D eigenvalue weighted by Crippen LogP contribution is 2.25. The Kier molecular flexibility index (Phi) is 4.43. The number of aliphatic hydroxyl groups is 1. The molecule has 4 heteroatoms. The third-order valence-corrected chi connectivity index (χ3v) is 3.41. The summed E-state index contributed by atoms with van der Waals surface area (Å²) < 4.78 is 5.64. The van der Waals surface area contributed by atoms with E-state index in [1.807, 2.05) is 24.3 Å². The minimum atomic E-state index is -0.382. The summed E-state index contributed by atoms with van der Waals surface area (Å²) in [6.07, 6.45) is 0.279. The lowest BCUT2D eigenvalue weighted by atomic mass is 10.0. The maximum Gasteiger partial charge on any atom is 0.260 e. The molecule has 1 N–H and O–H groups in total. The Bertz CT molecular complexity index is 445. The molecule has 1 amide bonds. The molecule has 1 heterocycles. The van der Waals surface area contributed by atoms with Crippen LogP contribution in [0.25, 0.3) is 0 Å². The Morgan fingerprint density at radius 2 is 2.21 bits per heavy atom. The number of benzene rings is 1. The molecule has 1 fully saturated rings. The largest absolute Gasteiger partial charge is 0.483 e. The van der Waals surface area contributed by atoms with Gasteiger partial charge in [-0.3, -0.25) is 4.79 Å². The topological polar surface area (TPSA) is 49.8 Å². The van der Waals surface area contributed by atoms with E-state index in [0.717, 1.165) is 11.3 Å². The molecule has 1 atom stereocenters. The number of hydrogen-bond donors (Lipinski definition) is 1. The van der Waals surface area contributed by atoms with E-state index >= 15 is 0 Å². The molecule has 0 radical (unpaired) electrons. The van der Waals surface area contributed by atoms with Gasteiger partial charge in [0.15, 0.2) is 6.61 Å². The van der Waals surface area contributed by atoms with Gasteiger partial charge in [0, 0.05) is 13.1 Å². The summed E-state index contributed by atoms with van der Waals surface area (Å²) in [6, 6.07) is 7.79. The second-order valence-electron chi connectivity index (χ2n) is 5.26. The van der Waals surface area contributed by atoms with Crippen molar-refractivity contribution in [1.82, 2.24) is 4.90 Å². The standard InChI is InChI=1S/C15H21NO3/c1-11(2)13-5-3-4-6-14(13)19-10-15(18)16-8-7-12(17)9-16/h3-6,11-12,17H,7-10H2,1-2H3/t12-/m1/s1. The molecule has 4 nitrogen and oxygen atoms in total. The van der Waals surface area contributed by atoms with E-state index in [9.17, 15) is 9.90 Å². The van der Waals surface area contributed by atoms with Crippen molar-refractivity contribution >= 4 is 5.91 Å². The smallest absolute Gasteiger partial charge is 0.260 e. The van der Waals surface area contributed by atoms with Gasteiger partial charge in [-0.1, -0.05) is 32.0 Å². The van der Waals surface area contributed by atoms with Gasteiger partial charge in [-0.15, -0.1) is 0 Å². The second kappa shape index (κ2) is 6.06. The van der Waals surface area contributed by atoms with E-state index in [1.165, 1.54) is 0 Å². The first-order valence-corrected chi connectivity index (χ1v) is 6.75. The number of hydrogen-bond acceptors (Lipinski definition) is 3. The van der Waals surface area contributed by atoms with Crippen LogP contribution in [0.4, 0.5) is 0 Å². The second-order valence-corrected chi connectivity index (χ2v) is 5.26. The molecule has 1 aliphatic heterocycles. The fourth-order valence-corrected chi connectivity index (χ4v) is 2.29. The number of nitrogens with zero attached hydrogens (tertiary/aromatic N) is 1. The Labute approximate surface area is 114 Å². The highest BCUT2D eigenvalue weighted by Gasteiger charge is 2.24. The van der Waals surface area contributed by atoms with E-state index in [-0.39, 0.29) is 18.6 Å². The zero-order valence-corrected chi connectivity index (χ0v) is 11.5. The lowest BCUT2D eigenvalue weighted by Crippen LogP contribution is -2.33. The summed E-state index contributed by atoms with van der Waals surface area (Å²) >= 11 is 0. The van der Waals surface area contributed by atoms with Crippen LogP contribution in [0, 0.1) is 0 Å². The Hall–Kier alpha value is -1.55. The van der Waals surface area contributed by atoms with Crippen molar-refractivity contribution in [2.75, 3.05) is 19.7 Å². The van der Waals surface area contributed by atoms with Crippen molar-refractivity contribution in [2.45, 2.75) is 32.3 Å². The van der Waals surface area contributed by atoms with Gasteiger partial charge in [0.25, 0.3) is 5.91 Å². The van der Waals surface area contributed by atoms with E-state index in [0.29, 0.717) is 25.4 Å². The maximum atomic E-state index is 11.9. The number of rotatable bonds is 4. The Morgan fingerprint density at radius 1 is 1.47 bits per heavy atom. The van der Waals surface area contributed by atoms with Crippen LogP contribution in [0.15, 0.2) is 24.3 Å². The lowest BCUT2D eigenvalue weighted by molar-refractivity contribution is -0.132. The van der Waals surface area contributed by atoms with Gasteiger partial charge in [-0.25, -0.2) is 0 Å². The first kappa shape index (κ1) is 13.9. The molecule has 2 rings (SSSR count). The Balaban J connectivity index is 1.93. The molecule has 1 aromatic carbocycles. The predicted molar refractivity (Wildman–Crippen MR) is 73.2 cm³/mol. The average Bonchev–Trinajstić information content (AvgIpc) is 2.83. The van der Waals surface area contributed by atoms with Crippen molar-refractivity contribution in [3.63, 3.8) is 0 Å². The maximum absolute atomic E-state index is 11.9. The normalized spacial score (nSPS) is 18.9. The first-order chi connectivity index (χ1) is 9.08. The molecule has 19 heavy (non-hydrogen) atoms. The number of carbonyl (C=O) groups excluding carboxylic acids is 1. The van der Waals surface area contributed by atoms with Crippen LogP contribution in [0.5, 0.6) is 5.75 Å². The van der Waals surface area contributed by atoms with Gasteiger partial charge < -0.3 is 14.7 Å². The molecule has 0 bridgehead atoms. The van der Waals surface area contributed by atoms with Crippen molar-refractivity contribution in [3.05, 3.63) is 29.8 Å². The number of amides is 1. The summed E-state index contributed by atoms with van der Waals surface area (Å²) in [7, 11) is 0. The highest BCUT2D eigenvalue weighted by atomic mass is 16.5. The van der Waals surface area contributed by atoms with Crippen LogP contribution in [-0.4, -0.2) is 41.7 Å². The van der Waals surface area contributed by atoms with Crippen LogP contribution >= 0.6 is 0 Å². The molecule has 0 spiro atoms. The molecular weight excluding hydrogens is 242 g/mol. The fraction of sp³-hybridized carbons (Fsp3) is 0.533. The number of carbonyl (C=O) groups is 1. The van der Waals surface area contributed by atoms with Crippen LogP contribution in [-0.2, 0) is 4.79 Å². The molecular formula is C15H21NO3. The SMILES string of the molecule is CC(C)c1ccccc1OCC(=O)N1CC[C@@H](O)C1. The van der Waals surface area contributed by atoms with Crippen molar-refractivity contribution in [2.24, 2.45) is 0 Å². The van der Waals surface area contributed by atoms with Gasteiger partial charge in [-0.2, -0.15) is 0 Å². The molecule has 1 saturated heterocycles. The molecule has 1 aromatic rings. The predicted octanol–water partition coefficient (Wildman–Crippen LogP) is 1.78. The summed E-state index contributed by atoms with van der Waals surface area (Å²) in [4.78, 5) is 13.6. The highest BCUT2D eigenvalue weighted by molar-refractivity contribution is 5.78. The van der Waals surface area contributed by atoms with Gasteiger partial charge in [0.2, 0.25) is 0 Å². The van der Waals surface area contributed by atoms with Gasteiger partial charge in [0.1, 0.15) is 5.75 Å². The molecule has 1 aliphatic rings. The molecule has 0 aliphatic carbocycles. The van der Waals surface area contributed by atoms with Gasteiger partial charge in [-0.05, 0) is 24.0 Å². The lowest BCUT2D eigenvalue weighted by Gasteiger charge is -2.18. The third kappa shape index (κ3) is 3.47. The van der Waals surface area contributed by atoms with Gasteiger partial charge >= 0.3 is 0 Å². The van der Waals surface area contributed by atoms with E-state index < -0.39 is 0 Å². The summed E-state index contributed by atoms with van der Waals surface area (Å²) in [6.45, 7) is 5.28. The molecule has 0 aromatic heterocycles. The van der Waals surface area contributed by atoms with Gasteiger partial charge in [0.05, 0.1) is 6.10 Å². The van der Waals surface area contributed by atoms with E-state index in [4.69, 9.17) is 4.74 Å². The number of ether oxygens (including phenoxy) is 1. The molecule has 0 unspecified atom stereocenters. The fourth-order valence-electron chi connectivity index (χ4n) is 2.29. The zero-order valence-electron chi connectivity index (χ0n) is 11.5. The number of β-amino-alcohol motifs (C(OH)–C–C–N with tert-alkyl or cyclic N) is 1. The van der Waals surface area contributed by atoms with Crippen LogP contribution in [0.1, 0.15) is 31.7 Å². The van der Waals surface area contributed by atoms with Crippen molar-refractivity contribution < 1.29 is 14.6 Å².